The quantitative estimate of drug-likeness (QED) is 0.738. The van der Waals surface area contributed by atoms with Crippen molar-refractivity contribution in [2.75, 3.05) is 0 Å². The van der Waals surface area contributed by atoms with Crippen molar-refractivity contribution in [3.63, 3.8) is 0 Å². The summed E-state index contributed by atoms with van der Waals surface area (Å²) in [6, 6.07) is 3.40. The Kier molecular flexibility index (Phi) is 2.36. The molecule has 0 amide bonds. The van der Waals surface area contributed by atoms with E-state index in [4.69, 9.17) is 5.11 Å². The van der Waals surface area contributed by atoms with Gasteiger partial charge in [-0.15, -0.1) is 15.0 Å². The van der Waals surface area contributed by atoms with Crippen molar-refractivity contribution < 1.29 is 9.90 Å². The Morgan fingerprint density at radius 1 is 1.40 bits per heavy atom. The Labute approximate surface area is 84.4 Å². The lowest BCUT2D eigenvalue weighted by atomic mass is 10.4. The molecule has 2 rings (SSSR count). The molecule has 0 fully saturated rings. The Morgan fingerprint density at radius 2 is 2.13 bits per heavy atom. The first-order chi connectivity index (χ1) is 7.25. The minimum absolute atomic E-state index is 0.180. The van der Waals surface area contributed by atoms with Crippen LogP contribution in [0.5, 0.6) is 0 Å². The zero-order valence-corrected chi connectivity index (χ0v) is 7.61. The third-order valence-electron chi connectivity index (χ3n) is 1.66. The van der Waals surface area contributed by atoms with Crippen molar-refractivity contribution in [2.24, 2.45) is 0 Å². The van der Waals surface area contributed by atoms with Crippen molar-refractivity contribution >= 4 is 5.97 Å². The molecule has 2 heterocycles. The maximum Gasteiger partial charge on any atom is 0.311 e. The second-order valence-electron chi connectivity index (χ2n) is 2.77. The summed E-state index contributed by atoms with van der Waals surface area (Å²) in [6.45, 7) is 0. The summed E-state index contributed by atoms with van der Waals surface area (Å²) in [5, 5.41) is 19.8. The fourth-order valence-corrected chi connectivity index (χ4v) is 1.04. The minimum Gasteiger partial charge on any atom is -0.481 e. The van der Waals surface area contributed by atoms with Gasteiger partial charge in [0.2, 0.25) is 0 Å². The third-order valence-corrected chi connectivity index (χ3v) is 1.66. The van der Waals surface area contributed by atoms with Gasteiger partial charge in [-0.1, -0.05) is 0 Å². The second-order valence-corrected chi connectivity index (χ2v) is 2.77. The molecule has 1 N–H and O–H groups in total. The molecule has 0 spiro atoms. The van der Waals surface area contributed by atoms with Gasteiger partial charge in [0.05, 0.1) is 5.69 Å². The maximum atomic E-state index is 10.4. The van der Waals surface area contributed by atoms with Gasteiger partial charge >= 0.3 is 5.97 Å². The minimum atomic E-state index is -0.982. The van der Waals surface area contributed by atoms with E-state index in [1.165, 1.54) is 4.80 Å². The lowest BCUT2D eigenvalue weighted by Gasteiger charge is -1.94. The van der Waals surface area contributed by atoms with Crippen molar-refractivity contribution in [1.29, 1.82) is 0 Å². The summed E-state index contributed by atoms with van der Waals surface area (Å²) in [5.74, 6) is -0.802. The topological polar surface area (TPSA) is 93.8 Å². The summed E-state index contributed by atoms with van der Waals surface area (Å²) < 4.78 is 0. The summed E-state index contributed by atoms with van der Waals surface area (Å²) in [5.41, 5.74) is 0.689. The van der Waals surface area contributed by atoms with Gasteiger partial charge in [-0.05, 0) is 17.3 Å². The number of nitrogens with zero attached hydrogens (tertiary/aromatic N) is 5. The van der Waals surface area contributed by atoms with Crippen LogP contribution in [-0.2, 0) is 11.2 Å². The molecular weight excluding hydrogens is 198 g/mol. The first kappa shape index (κ1) is 9.25. The van der Waals surface area contributed by atoms with Gasteiger partial charge in [0.25, 0.3) is 0 Å². The summed E-state index contributed by atoms with van der Waals surface area (Å²) in [7, 11) is 0. The van der Waals surface area contributed by atoms with E-state index in [0.717, 1.165) is 0 Å². The predicted octanol–water partition coefficient (Wildman–Crippen LogP) is -0.316. The highest BCUT2D eigenvalue weighted by Gasteiger charge is 2.07. The van der Waals surface area contributed by atoms with Crippen LogP contribution in [0.25, 0.3) is 5.69 Å². The molecule has 2 aromatic heterocycles. The average Bonchev–Trinajstić information content (AvgIpc) is 2.67. The lowest BCUT2D eigenvalue weighted by Crippen LogP contribution is -2.03. The smallest absolute Gasteiger partial charge is 0.311 e. The van der Waals surface area contributed by atoms with Crippen molar-refractivity contribution in [1.82, 2.24) is 25.2 Å². The van der Waals surface area contributed by atoms with E-state index in [9.17, 15) is 4.79 Å². The number of tetrazole rings is 1. The van der Waals surface area contributed by atoms with E-state index in [0.29, 0.717) is 5.69 Å². The van der Waals surface area contributed by atoms with Gasteiger partial charge in [-0.25, -0.2) is 0 Å². The molecule has 0 aliphatic rings. The fraction of sp³-hybridized carbons (Fsp3) is 0.125. The number of carbonyl (C=O) groups is 1. The van der Waals surface area contributed by atoms with E-state index >= 15 is 0 Å². The van der Waals surface area contributed by atoms with Crippen LogP contribution in [0.2, 0.25) is 0 Å². The van der Waals surface area contributed by atoms with Crippen LogP contribution in [-0.4, -0.2) is 36.3 Å². The molecule has 0 bridgehead atoms. The van der Waals surface area contributed by atoms with Crippen LogP contribution >= 0.6 is 0 Å². The monoisotopic (exact) mass is 205 g/mol. The van der Waals surface area contributed by atoms with Crippen molar-refractivity contribution in [3.05, 3.63) is 30.4 Å². The summed E-state index contributed by atoms with van der Waals surface area (Å²) in [6.07, 6.45) is 2.95. The number of rotatable bonds is 3. The highest BCUT2D eigenvalue weighted by molar-refractivity contribution is 5.68. The van der Waals surface area contributed by atoms with Gasteiger partial charge in [-0.3, -0.25) is 9.78 Å². The van der Waals surface area contributed by atoms with E-state index in [-0.39, 0.29) is 12.2 Å². The van der Waals surface area contributed by atoms with Gasteiger partial charge < -0.3 is 5.11 Å². The number of carboxylic acids is 1. The van der Waals surface area contributed by atoms with Gasteiger partial charge in [-0.2, -0.15) is 0 Å². The van der Waals surface area contributed by atoms with E-state index in [1.807, 2.05) is 0 Å². The van der Waals surface area contributed by atoms with Crippen LogP contribution in [0, 0.1) is 0 Å². The molecule has 0 atom stereocenters. The summed E-state index contributed by atoms with van der Waals surface area (Å²) >= 11 is 0. The molecule has 15 heavy (non-hydrogen) atoms. The average molecular weight is 205 g/mol. The molecule has 0 unspecified atom stereocenters. The largest absolute Gasteiger partial charge is 0.481 e. The van der Waals surface area contributed by atoms with Crippen LogP contribution in [0.1, 0.15) is 5.82 Å². The molecule has 0 aromatic carbocycles. The molecule has 2 aromatic rings. The third kappa shape index (κ3) is 2.13. The Hall–Kier alpha value is -2.31. The number of pyridine rings is 1. The predicted molar refractivity (Wildman–Crippen MR) is 48.3 cm³/mol. The van der Waals surface area contributed by atoms with Crippen LogP contribution in [0.15, 0.2) is 24.5 Å². The molecule has 0 aliphatic heterocycles. The second kappa shape index (κ2) is 3.82. The SMILES string of the molecule is O=C(O)Cc1nnn(-c2ccncc2)n1. The van der Waals surface area contributed by atoms with Gasteiger partial charge in [0.1, 0.15) is 6.42 Å². The molecular formula is C8H7N5O2. The molecule has 0 saturated carbocycles. The van der Waals surface area contributed by atoms with Crippen LogP contribution in [0.4, 0.5) is 0 Å². The number of aromatic nitrogens is 5. The van der Waals surface area contributed by atoms with Crippen LogP contribution in [0.3, 0.4) is 0 Å². The van der Waals surface area contributed by atoms with Gasteiger partial charge in [0.15, 0.2) is 5.82 Å². The number of hydrogen-bond donors (Lipinski definition) is 1. The highest BCUT2D eigenvalue weighted by Crippen LogP contribution is 2.01. The Morgan fingerprint density at radius 3 is 2.80 bits per heavy atom. The van der Waals surface area contributed by atoms with E-state index in [1.54, 1.807) is 24.5 Å². The van der Waals surface area contributed by atoms with E-state index in [2.05, 4.69) is 20.4 Å². The Bertz CT molecular complexity index is 467. The molecule has 76 valence electrons. The molecule has 0 radical (unpaired) electrons. The maximum absolute atomic E-state index is 10.4. The first-order valence-corrected chi connectivity index (χ1v) is 4.17. The van der Waals surface area contributed by atoms with Crippen molar-refractivity contribution in [2.45, 2.75) is 6.42 Å². The standard InChI is InChI=1S/C8H7N5O2/c14-8(15)5-7-10-12-13(11-7)6-1-3-9-4-2-6/h1-4H,5H2,(H,14,15). The Balaban J connectivity index is 2.24. The number of hydrogen-bond acceptors (Lipinski definition) is 5. The number of aliphatic carboxylic acids is 1. The first-order valence-electron chi connectivity index (χ1n) is 4.17. The molecule has 0 saturated heterocycles. The zero-order chi connectivity index (χ0) is 10.7. The van der Waals surface area contributed by atoms with Crippen LogP contribution < -0.4 is 0 Å². The summed E-state index contributed by atoms with van der Waals surface area (Å²) in [4.78, 5) is 15.5. The highest BCUT2D eigenvalue weighted by atomic mass is 16.4. The fourth-order valence-electron chi connectivity index (χ4n) is 1.04. The van der Waals surface area contributed by atoms with E-state index < -0.39 is 5.97 Å². The lowest BCUT2D eigenvalue weighted by molar-refractivity contribution is -0.136. The number of carboxylic acid groups (broad SMARTS) is 1. The molecule has 7 heteroatoms. The molecule has 0 aliphatic carbocycles. The van der Waals surface area contributed by atoms with Crippen molar-refractivity contribution in [3.8, 4) is 5.69 Å². The zero-order valence-electron chi connectivity index (χ0n) is 7.61. The normalized spacial score (nSPS) is 10.1. The van der Waals surface area contributed by atoms with Gasteiger partial charge in [0, 0.05) is 12.4 Å². The molecule has 7 nitrogen and oxygen atoms in total.